The van der Waals surface area contributed by atoms with Crippen molar-refractivity contribution in [3.05, 3.63) is 35.4 Å². The van der Waals surface area contributed by atoms with E-state index in [1.807, 2.05) is 31.3 Å². The molecule has 0 atom stereocenters. The second-order valence-electron chi connectivity index (χ2n) is 4.63. The Morgan fingerprint density at radius 1 is 1.44 bits per heavy atom. The topological polar surface area (TPSA) is 46.3 Å². The Hall–Kier alpha value is -1.79. The number of rotatable bonds is 3. The molecule has 2 N–H and O–H groups in total. The summed E-state index contributed by atoms with van der Waals surface area (Å²) in [6, 6.07) is 7.90. The number of nitrogens with zero attached hydrogens (tertiary/aromatic N) is 1. The van der Waals surface area contributed by atoms with E-state index >= 15 is 0 Å². The highest BCUT2D eigenvalue weighted by Crippen LogP contribution is 2.31. The number of nitrogens with two attached hydrogens (primary N) is 1. The summed E-state index contributed by atoms with van der Waals surface area (Å²) in [7, 11) is 1.85. The minimum Gasteiger partial charge on any atom is -0.341 e. The lowest BCUT2D eigenvalue weighted by Gasteiger charge is -2.17. The maximum atomic E-state index is 11.9. The van der Waals surface area contributed by atoms with E-state index in [4.69, 9.17) is 5.73 Å². The van der Waals surface area contributed by atoms with Crippen LogP contribution < -0.4 is 5.73 Å². The maximum Gasteiger partial charge on any atom is 0.225 e. The van der Waals surface area contributed by atoms with Crippen molar-refractivity contribution in [1.82, 2.24) is 4.90 Å². The lowest BCUT2D eigenvalue weighted by Crippen LogP contribution is -2.27. The zero-order chi connectivity index (χ0) is 13.0. The molecule has 3 nitrogen and oxygen atoms in total. The number of benzene rings is 1. The average Bonchev–Trinajstić information content (AvgIpc) is 3.21. The van der Waals surface area contributed by atoms with Crippen LogP contribution in [0.25, 0.3) is 0 Å². The molecular weight excluding hydrogens is 224 g/mol. The van der Waals surface area contributed by atoms with Crippen LogP contribution in [0.1, 0.15) is 24.0 Å². The smallest absolute Gasteiger partial charge is 0.225 e. The first-order valence-corrected chi connectivity index (χ1v) is 6.24. The Morgan fingerprint density at radius 3 is 2.83 bits per heavy atom. The van der Waals surface area contributed by atoms with Gasteiger partial charge in [-0.2, -0.15) is 0 Å². The molecule has 1 fully saturated rings. The molecule has 1 saturated carbocycles. The Bertz CT molecular complexity index is 495. The fourth-order valence-corrected chi connectivity index (χ4v) is 1.90. The molecule has 0 spiro atoms. The molecular formula is C15H18N2O. The third-order valence-corrected chi connectivity index (χ3v) is 3.05. The van der Waals surface area contributed by atoms with Gasteiger partial charge < -0.3 is 10.6 Å². The van der Waals surface area contributed by atoms with Gasteiger partial charge in [0.2, 0.25) is 5.91 Å². The van der Waals surface area contributed by atoms with Crippen LogP contribution in [-0.2, 0) is 11.3 Å². The number of amides is 1. The van der Waals surface area contributed by atoms with Crippen molar-refractivity contribution >= 4 is 5.91 Å². The fraction of sp³-hybridized carbons (Fsp3) is 0.400. The lowest BCUT2D eigenvalue weighted by molar-refractivity contribution is -0.131. The molecule has 1 aliphatic carbocycles. The molecule has 3 heteroatoms. The fourth-order valence-electron chi connectivity index (χ4n) is 1.90. The summed E-state index contributed by atoms with van der Waals surface area (Å²) in [5.74, 6) is 6.41. The van der Waals surface area contributed by atoms with Crippen LogP contribution >= 0.6 is 0 Å². The summed E-state index contributed by atoms with van der Waals surface area (Å²) >= 11 is 0. The third kappa shape index (κ3) is 3.12. The number of carbonyl (C=O) groups is 1. The number of carbonyl (C=O) groups excluding carboxylic acids is 1. The van der Waals surface area contributed by atoms with Gasteiger partial charge in [0.25, 0.3) is 0 Å². The Morgan fingerprint density at radius 2 is 2.17 bits per heavy atom. The molecule has 0 unspecified atom stereocenters. The SMILES string of the molecule is CN(Cc1ccccc1C#CCN)C(=O)C1CC1. The first-order valence-electron chi connectivity index (χ1n) is 6.24. The van der Waals surface area contributed by atoms with Crippen LogP contribution in [0.3, 0.4) is 0 Å². The second-order valence-corrected chi connectivity index (χ2v) is 4.63. The van der Waals surface area contributed by atoms with E-state index in [-0.39, 0.29) is 11.8 Å². The van der Waals surface area contributed by atoms with Gasteiger partial charge >= 0.3 is 0 Å². The molecule has 0 aromatic heterocycles. The molecule has 0 saturated heterocycles. The predicted molar refractivity (Wildman–Crippen MR) is 71.6 cm³/mol. The zero-order valence-electron chi connectivity index (χ0n) is 10.6. The van der Waals surface area contributed by atoms with Crippen LogP contribution in [0.15, 0.2) is 24.3 Å². The normalized spacial score (nSPS) is 13.7. The largest absolute Gasteiger partial charge is 0.341 e. The number of hydrogen-bond acceptors (Lipinski definition) is 2. The molecule has 1 aliphatic rings. The van der Waals surface area contributed by atoms with E-state index in [0.717, 1.165) is 24.0 Å². The predicted octanol–water partition coefficient (Wildman–Crippen LogP) is 1.37. The van der Waals surface area contributed by atoms with E-state index in [1.165, 1.54) is 0 Å². The zero-order valence-corrected chi connectivity index (χ0v) is 10.6. The van der Waals surface area contributed by atoms with Gasteiger partial charge in [0.15, 0.2) is 0 Å². The molecule has 18 heavy (non-hydrogen) atoms. The van der Waals surface area contributed by atoms with Crippen molar-refractivity contribution in [2.75, 3.05) is 13.6 Å². The van der Waals surface area contributed by atoms with Crippen molar-refractivity contribution in [3.8, 4) is 11.8 Å². The van der Waals surface area contributed by atoms with Crippen LogP contribution in [0.2, 0.25) is 0 Å². The van der Waals surface area contributed by atoms with Crippen molar-refractivity contribution in [3.63, 3.8) is 0 Å². The Labute approximate surface area is 108 Å². The highest BCUT2D eigenvalue weighted by Gasteiger charge is 2.31. The van der Waals surface area contributed by atoms with Gasteiger partial charge in [0.05, 0.1) is 6.54 Å². The first kappa shape index (κ1) is 12.7. The molecule has 94 valence electrons. The van der Waals surface area contributed by atoms with Crippen LogP contribution in [-0.4, -0.2) is 24.4 Å². The van der Waals surface area contributed by atoms with Gasteiger partial charge in [-0.3, -0.25) is 4.79 Å². The van der Waals surface area contributed by atoms with Crippen molar-refractivity contribution in [2.45, 2.75) is 19.4 Å². The molecule has 0 bridgehead atoms. The van der Waals surface area contributed by atoms with E-state index in [1.54, 1.807) is 4.90 Å². The minimum absolute atomic E-state index is 0.247. The van der Waals surface area contributed by atoms with Crippen molar-refractivity contribution in [2.24, 2.45) is 11.7 Å². The van der Waals surface area contributed by atoms with Gasteiger partial charge in [-0.15, -0.1) is 0 Å². The molecule has 0 radical (unpaired) electrons. The molecule has 0 heterocycles. The molecule has 1 amide bonds. The third-order valence-electron chi connectivity index (χ3n) is 3.05. The van der Waals surface area contributed by atoms with E-state index in [0.29, 0.717) is 13.1 Å². The van der Waals surface area contributed by atoms with Gasteiger partial charge in [-0.05, 0) is 24.5 Å². The lowest BCUT2D eigenvalue weighted by atomic mass is 10.1. The Kier molecular flexibility index (Phi) is 4.01. The van der Waals surface area contributed by atoms with E-state index in [9.17, 15) is 4.79 Å². The molecule has 0 aliphatic heterocycles. The first-order chi connectivity index (χ1) is 8.72. The second kappa shape index (κ2) is 5.70. The molecule has 1 aromatic rings. The van der Waals surface area contributed by atoms with E-state index in [2.05, 4.69) is 11.8 Å². The van der Waals surface area contributed by atoms with Crippen molar-refractivity contribution in [1.29, 1.82) is 0 Å². The summed E-state index contributed by atoms with van der Waals surface area (Å²) in [6.07, 6.45) is 2.08. The van der Waals surface area contributed by atoms with Gasteiger partial charge in [0, 0.05) is 25.1 Å². The summed E-state index contributed by atoms with van der Waals surface area (Å²) in [6.45, 7) is 0.968. The van der Waals surface area contributed by atoms with Crippen LogP contribution in [0.4, 0.5) is 0 Å². The summed E-state index contributed by atoms with van der Waals surface area (Å²) < 4.78 is 0. The summed E-state index contributed by atoms with van der Waals surface area (Å²) in [5, 5.41) is 0. The monoisotopic (exact) mass is 242 g/mol. The highest BCUT2D eigenvalue weighted by molar-refractivity contribution is 5.80. The summed E-state index contributed by atoms with van der Waals surface area (Å²) in [5.41, 5.74) is 7.42. The Balaban J connectivity index is 2.10. The van der Waals surface area contributed by atoms with Crippen LogP contribution in [0.5, 0.6) is 0 Å². The highest BCUT2D eigenvalue weighted by atomic mass is 16.2. The van der Waals surface area contributed by atoms with E-state index < -0.39 is 0 Å². The van der Waals surface area contributed by atoms with Crippen LogP contribution in [0, 0.1) is 17.8 Å². The quantitative estimate of drug-likeness (QED) is 0.814. The summed E-state index contributed by atoms with van der Waals surface area (Å²) in [4.78, 5) is 13.7. The average molecular weight is 242 g/mol. The number of hydrogen-bond donors (Lipinski definition) is 1. The molecule has 1 aromatic carbocycles. The standard InChI is InChI=1S/C15H18N2O/c1-17(15(18)13-8-9-13)11-14-6-3-2-5-12(14)7-4-10-16/h2-3,5-6,13H,8-11,16H2,1H3. The minimum atomic E-state index is 0.247. The van der Waals surface area contributed by atoms with Gasteiger partial charge in [-0.1, -0.05) is 30.0 Å². The molecule has 2 rings (SSSR count). The van der Waals surface area contributed by atoms with Crippen molar-refractivity contribution < 1.29 is 4.79 Å². The van der Waals surface area contributed by atoms with Gasteiger partial charge in [0.1, 0.15) is 0 Å². The van der Waals surface area contributed by atoms with Gasteiger partial charge in [-0.25, -0.2) is 0 Å². The maximum absolute atomic E-state index is 11.9.